The monoisotopic (exact) mass is 202 g/mol. The van der Waals surface area contributed by atoms with Gasteiger partial charge in [-0.1, -0.05) is 0 Å². The molecule has 3 saturated carbocycles. The maximum atomic E-state index is 12.1. The number of carbonyl (C=O) groups excluding carboxylic acids is 1. The van der Waals surface area contributed by atoms with E-state index in [-0.39, 0.29) is 5.78 Å². The number of rotatable bonds is 2. The fraction of sp³-hybridized carbons (Fsp3) is 0.615. The minimum atomic E-state index is 0.270. The Kier molecular flexibility index (Phi) is 1.38. The Morgan fingerprint density at radius 1 is 1.27 bits per heavy atom. The van der Waals surface area contributed by atoms with Crippen molar-refractivity contribution in [3.63, 3.8) is 0 Å². The standard InChI is InChI=1S/C13H14O2/c14-13(9-2-1-5-15-9)12-10-7-3-4-8(6-7)11(10)12/h1-2,5,7-8,10-12H,3-4,6H2. The molecule has 78 valence electrons. The van der Waals surface area contributed by atoms with E-state index in [2.05, 4.69) is 0 Å². The van der Waals surface area contributed by atoms with Gasteiger partial charge in [-0.15, -0.1) is 0 Å². The Labute approximate surface area is 88.7 Å². The third-order valence-electron chi connectivity index (χ3n) is 4.80. The van der Waals surface area contributed by atoms with Crippen LogP contribution in [0.15, 0.2) is 22.8 Å². The van der Waals surface area contributed by atoms with E-state index in [1.165, 1.54) is 19.3 Å². The topological polar surface area (TPSA) is 30.2 Å². The van der Waals surface area contributed by atoms with Crippen LogP contribution in [0.4, 0.5) is 0 Å². The molecular weight excluding hydrogens is 188 g/mol. The summed E-state index contributed by atoms with van der Waals surface area (Å²) in [5, 5.41) is 0. The van der Waals surface area contributed by atoms with Gasteiger partial charge in [-0.3, -0.25) is 4.79 Å². The highest BCUT2D eigenvalue weighted by Crippen LogP contribution is 2.69. The molecule has 0 N–H and O–H groups in total. The van der Waals surface area contributed by atoms with Crippen molar-refractivity contribution in [2.24, 2.45) is 29.6 Å². The molecule has 0 aromatic carbocycles. The molecule has 0 amide bonds. The lowest BCUT2D eigenvalue weighted by Gasteiger charge is -2.05. The minimum absolute atomic E-state index is 0.270. The summed E-state index contributed by atoms with van der Waals surface area (Å²) in [7, 11) is 0. The van der Waals surface area contributed by atoms with E-state index < -0.39 is 0 Å². The van der Waals surface area contributed by atoms with Crippen LogP contribution in [-0.4, -0.2) is 5.78 Å². The zero-order valence-corrected chi connectivity index (χ0v) is 8.56. The van der Waals surface area contributed by atoms with Crippen LogP contribution in [0, 0.1) is 29.6 Å². The van der Waals surface area contributed by atoms with Gasteiger partial charge in [0.05, 0.1) is 6.26 Å². The molecule has 2 nitrogen and oxygen atoms in total. The molecule has 2 bridgehead atoms. The zero-order valence-electron chi connectivity index (χ0n) is 8.56. The normalized spacial score (nSPS) is 45.5. The molecule has 0 radical (unpaired) electrons. The quantitative estimate of drug-likeness (QED) is 0.690. The van der Waals surface area contributed by atoms with Crippen LogP contribution < -0.4 is 0 Å². The molecule has 1 aromatic heterocycles. The molecule has 0 spiro atoms. The summed E-state index contributed by atoms with van der Waals surface area (Å²) in [4.78, 5) is 12.1. The average molecular weight is 202 g/mol. The summed E-state index contributed by atoms with van der Waals surface area (Å²) in [6, 6.07) is 3.61. The van der Waals surface area contributed by atoms with Crippen molar-refractivity contribution in [3.05, 3.63) is 24.2 Å². The number of hydrogen-bond donors (Lipinski definition) is 0. The number of hydrogen-bond acceptors (Lipinski definition) is 2. The first-order valence-electron chi connectivity index (χ1n) is 5.94. The van der Waals surface area contributed by atoms with E-state index in [0.717, 1.165) is 23.7 Å². The van der Waals surface area contributed by atoms with Crippen molar-refractivity contribution in [2.45, 2.75) is 19.3 Å². The molecule has 2 heteroatoms. The van der Waals surface area contributed by atoms with Crippen molar-refractivity contribution in [3.8, 4) is 0 Å². The number of Topliss-reactive ketones (excluding diaryl/α,β-unsaturated/α-hetero) is 1. The molecular formula is C13H14O2. The zero-order chi connectivity index (χ0) is 9.99. The maximum Gasteiger partial charge on any atom is 0.201 e. The Balaban J connectivity index is 1.60. The predicted molar refractivity (Wildman–Crippen MR) is 54.3 cm³/mol. The molecule has 0 saturated heterocycles. The Morgan fingerprint density at radius 3 is 2.60 bits per heavy atom. The van der Waals surface area contributed by atoms with Gasteiger partial charge in [0, 0.05) is 5.92 Å². The Morgan fingerprint density at radius 2 is 2.00 bits per heavy atom. The smallest absolute Gasteiger partial charge is 0.201 e. The van der Waals surface area contributed by atoms with Gasteiger partial charge in [0.1, 0.15) is 0 Å². The van der Waals surface area contributed by atoms with Gasteiger partial charge in [-0.05, 0) is 55.1 Å². The number of furan rings is 1. The lowest BCUT2D eigenvalue weighted by atomic mass is 9.99. The number of fused-ring (bicyclic) bond motifs is 5. The highest BCUT2D eigenvalue weighted by molar-refractivity contribution is 5.97. The van der Waals surface area contributed by atoms with Gasteiger partial charge >= 0.3 is 0 Å². The predicted octanol–water partition coefficient (Wildman–Crippen LogP) is 2.75. The summed E-state index contributed by atoms with van der Waals surface area (Å²) in [6.45, 7) is 0. The minimum Gasteiger partial charge on any atom is -0.461 e. The van der Waals surface area contributed by atoms with E-state index in [0.29, 0.717) is 11.7 Å². The first-order chi connectivity index (χ1) is 7.36. The fourth-order valence-corrected chi connectivity index (χ4v) is 4.26. The molecule has 3 fully saturated rings. The van der Waals surface area contributed by atoms with Gasteiger partial charge < -0.3 is 4.42 Å². The summed E-state index contributed by atoms with van der Waals surface area (Å²) in [5.41, 5.74) is 0. The fourth-order valence-electron chi connectivity index (χ4n) is 4.26. The summed E-state index contributed by atoms with van der Waals surface area (Å²) in [5.74, 6) is 4.35. The van der Waals surface area contributed by atoms with Crippen LogP contribution in [0.2, 0.25) is 0 Å². The van der Waals surface area contributed by atoms with Crippen LogP contribution >= 0.6 is 0 Å². The number of carbonyl (C=O) groups is 1. The van der Waals surface area contributed by atoms with Gasteiger partial charge in [0.15, 0.2) is 5.76 Å². The molecule has 1 aromatic rings. The van der Waals surface area contributed by atoms with Gasteiger partial charge in [0.25, 0.3) is 0 Å². The lowest BCUT2D eigenvalue weighted by molar-refractivity contribution is 0.0917. The van der Waals surface area contributed by atoms with Crippen LogP contribution in [-0.2, 0) is 0 Å². The van der Waals surface area contributed by atoms with Crippen molar-refractivity contribution in [2.75, 3.05) is 0 Å². The summed E-state index contributed by atoms with van der Waals surface area (Å²) >= 11 is 0. The second-order valence-corrected chi connectivity index (χ2v) is 5.36. The second kappa shape index (κ2) is 2.55. The molecule has 4 atom stereocenters. The third kappa shape index (κ3) is 0.926. The first-order valence-corrected chi connectivity index (χ1v) is 5.94. The largest absolute Gasteiger partial charge is 0.461 e. The Hall–Kier alpha value is -1.05. The van der Waals surface area contributed by atoms with Gasteiger partial charge in [0.2, 0.25) is 5.78 Å². The van der Waals surface area contributed by atoms with Crippen LogP contribution in [0.1, 0.15) is 29.8 Å². The van der Waals surface area contributed by atoms with Crippen LogP contribution in [0.3, 0.4) is 0 Å². The molecule has 3 aliphatic rings. The summed E-state index contributed by atoms with van der Waals surface area (Å²) in [6.07, 6.45) is 5.73. The average Bonchev–Trinajstić information content (AvgIpc) is 2.70. The SMILES string of the molecule is O=C(c1ccco1)C1C2C3CCC(C3)C12. The molecule has 1 heterocycles. The molecule has 4 rings (SSSR count). The molecule has 3 aliphatic carbocycles. The van der Waals surface area contributed by atoms with Crippen molar-refractivity contribution >= 4 is 5.78 Å². The van der Waals surface area contributed by atoms with Crippen molar-refractivity contribution in [1.29, 1.82) is 0 Å². The van der Waals surface area contributed by atoms with Crippen molar-refractivity contribution < 1.29 is 9.21 Å². The van der Waals surface area contributed by atoms with Gasteiger partial charge in [-0.2, -0.15) is 0 Å². The van der Waals surface area contributed by atoms with E-state index >= 15 is 0 Å². The third-order valence-corrected chi connectivity index (χ3v) is 4.80. The Bertz CT molecular complexity index is 390. The maximum absolute atomic E-state index is 12.1. The lowest BCUT2D eigenvalue weighted by Crippen LogP contribution is -2.09. The van der Waals surface area contributed by atoms with E-state index in [9.17, 15) is 4.79 Å². The molecule has 0 aliphatic heterocycles. The van der Waals surface area contributed by atoms with Gasteiger partial charge in [-0.25, -0.2) is 0 Å². The van der Waals surface area contributed by atoms with E-state index in [4.69, 9.17) is 4.42 Å². The second-order valence-electron chi connectivity index (χ2n) is 5.36. The highest BCUT2D eigenvalue weighted by Gasteiger charge is 2.67. The molecule has 15 heavy (non-hydrogen) atoms. The van der Waals surface area contributed by atoms with Crippen LogP contribution in [0.25, 0.3) is 0 Å². The van der Waals surface area contributed by atoms with E-state index in [1.807, 2.05) is 0 Å². The van der Waals surface area contributed by atoms with Crippen LogP contribution in [0.5, 0.6) is 0 Å². The highest BCUT2D eigenvalue weighted by atomic mass is 16.3. The van der Waals surface area contributed by atoms with Crippen molar-refractivity contribution in [1.82, 2.24) is 0 Å². The number of ketones is 1. The first kappa shape index (κ1) is 8.14. The summed E-state index contributed by atoms with van der Waals surface area (Å²) < 4.78 is 5.20. The molecule has 4 unspecified atom stereocenters. The van der Waals surface area contributed by atoms with E-state index in [1.54, 1.807) is 18.4 Å².